The molecule has 0 radical (unpaired) electrons. The van der Waals surface area contributed by atoms with E-state index in [4.69, 9.17) is 4.84 Å². The van der Waals surface area contributed by atoms with Gasteiger partial charge < -0.3 is 0 Å². The van der Waals surface area contributed by atoms with E-state index in [1.54, 1.807) is 0 Å². The summed E-state index contributed by atoms with van der Waals surface area (Å²) in [6.45, 7) is 2.88. The second kappa shape index (κ2) is 3.77. The minimum atomic E-state index is -0.265. The van der Waals surface area contributed by atoms with Gasteiger partial charge in [0.1, 0.15) is 12.6 Å². The van der Waals surface area contributed by atoms with Crippen molar-refractivity contribution in [2.45, 2.75) is 25.8 Å². The molecule has 2 rings (SSSR count). The van der Waals surface area contributed by atoms with Crippen molar-refractivity contribution < 1.29 is 19.0 Å². The van der Waals surface area contributed by atoms with Gasteiger partial charge in [0.25, 0.3) is 11.8 Å². The van der Waals surface area contributed by atoms with Crippen LogP contribution in [0.25, 0.3) is 0 Å². The zero-order valence-corrected chi connectivity index (χ0v) is 9.77. The Hall–Kier alpha value is -1.59. The largest absolute Gasteiger partial charge is 0.471 e. The van der Waals surface area contributed by atoms with E-state index in [0.717, 1.165) is 11.6 Å². The maximum atomic E-state index is 11.4. The summed E-state index contributed by atoms with van der Waals surface area (Å²) < 4.78 is 1.89. The molecule has 1 saturated heterocycles. The fourth-order valence-corrected chi connectivity index (χ4v) is 1.93. The molecular weight excluding hydrogens is 210 g/mol. The van der Waals surface area contributed by atoms with Crippen LogP contribution in [0.4, 0.5) is 0 Å². The standard InChI is InChI=1S/C10H16N3O3/c1-7-6-11(2)10(12(7)3)16-13-8(14)4-5-9(13)15/h7H,4-6H2,1-3H3/q+1/t7-/m0/s1. The van der Waals surface area contributed by atoms with Crippen LogP contribution in [0.5, 0.6) is 0 Å². The second-order valence-electron chi connectivity index (χ2n) is 4.30. The van der Waals surface area contributed by atoms with Crippen molar-refractivity contribution in [2.24, 2.45) is 0 Å². The number of carbonyl (C=O) groups excluding carboxylic acids is 2. The Morgan fingerprint density at radius 1 is 1.31 bits per heavy atom. The molecule has 0 saturated carbocycles. The molecule has 0 unspecified atom stereocenters. The SMILES string of the molecule is C[C@H]1C[N+](C)=C(ON2C(=O)CCC2=O)N1C. The zero-order valence-electron chi connectivity index (χ0n) is 9.77. The van der Waals surface area contributed by atoms with Gasteiger partial charge in [-0.2, -0.15) is 0 Å². The predicted octanol–water partition coefficient (Wildman–Crippen LogP) is -0.601. The first-order valence-electron chi connectivity index (χ1n) is 5.35. The molecule has 2 heterocycles. The number of carbonyl (C=O) groups is 2. The van der Waals surface area contributed by atoms with E-state index < -0.39 is 0 Å². The molecule has 0 aromatic rings. The summed E-state index contributed by atoms with van der Waals surface area (Å²) in [5, 5.41) is 0.875. The fraction of sp³-hybridized carbons (Fsp3) is 0.700. The Morgan fingerprint density at radius 2 is 1.88 bits per heavy atom. The van der Waals surface area contributed by atoms with Crippen molar-refractivity contribution in [3.63, 3.8) is 0 Å². The van der Waals surface area contributed by atoms with Crippen molar-refractivity contribution >= 4 is 17.8 Å². The van der Waals surface area contributed by atoms with Gasteiger partial charge in [-0.05, 0) is 6.92 Å². The van der Waals surface area contributed by atoms with E-state index in [9.17, 15) is 9.59 Å². The molecular formula is C10H16N3O3+. The lowest BCUT2D eigenvalue weighted by atomic mass is 10.3. The van der Waals surface area contributed by atoms with E-state index in [1.165, 1.54) is 0 Å². The summed E-state index contributed by atoms with van der Waals surface area (Å²) >= 11 is 0. The highest BCUT2D eigenvalue weighted by Gasteiger charge is 2.40. The highest BCUT2D eigenvalue weighted by molar-refractivity contribution is 6.01. The summed E-state index contributed by atoms with van der Waals surface area (Å²) in [5.41, 5.74) is 0. The molecule has 2 aliphatic rings. The normalized spacial score (nSPS) is 26.1. The number of hydroxylamine groups is 2. The van der Waals surface area contributed by atoms with Gasteiger partial charge >= 0.3 is 6.02 Å². The third-order valence-electron chi connectivity index (χ3n) is 3.01. The van der Waals surface area contributed by atoms with Gasteiger partial charge in [0.15, 0.2) is 0 Å². The van der Waals surface area contributed by atoms with E-state index in [2.05, 4.69) is 6.92 Å². The van der Waals surface area contributed by atoms with Gasteiger partial charge in [-0.1, -0.05) is 5.06 Å². The summed E-state index contributed by atoms with van der Waals surface area (Å²) in [4.78, 5) is 30.1. The number of likely N-dealkylation sites (N-methyl/N-ethyl adjacent to an activating group) is 2. The van der Waals surface area contributed by atoms with Crippen LogP contribution in [0.2, 0.25) is 0 Å². The Morgan fingerprint density at radius 3 is 2.31 bits per heavy atom. The van der Waals surface area contributed by atoms with Crippen molar-refractivity contribution in [3.05, 3.63) is 0 Å². The Labute approximate surface area is 94.0 Å². The van der Waals surface area contributed by atoms with Gasteiger partial charge in [-0.15, -0.1) is 0 Å². The highest BCUT2D eigenvalue weighted by Crippen LogP contribution is 2.15. The minimum Gasteiger partial charge on any atom is -0.292 e. The fourth-order valence-electron chi connectivity index (χ4n) is 1.93. The molecule has 88 valence electrons. The Kier molecular flexibility index (Phi) is 2.57. The van der Waals surface area contributed by atoms with Crippen LogP contribution in [0.15, 0.2) is 0 Å². The average Bonchev–Trinajstić information content (AvgIpc) is 2.65. The molecule has 2 amide bonds. The van der Waals surface area contributed by atoms with Crippen LogP contribution < -0.4 is 0 Å². The molecule has 1 atom stereocenters. The summed E-state index contributed by atoms with van der Waals surface area (Å²) in [6.07, 6.45) is 0.490. The molecule has 16 heavy (non-hydrogen) atoms. The average molecular weight is 226 g/mol. The topological polar surface area (TPSA) is 52.9 Å². The van der Waals surface area contributed by atoms with E-state index in [0.29, 0.717) is 12.1 Å². The van der Waals surface area contributed by atoms with Gasteiger partial charge in [-0.25, -0.2) is 9.48 Å². The molecule has 2 aliphatic heterocycles. The number of hydrogen-bond donors (Lipinski definition) is 0. The number of hydrogen-bond acceptors (Lipinski definition) is 4. The van der Waals surface area contributed by atoms with E-state index in [1.807, 2.05) is 23.6 Å². The zero-order chi connectivity index (χ0) is 11.9. The minimum absolute atomic E-state index is 0.245. The smallest absolute Gasteiger partial charge is 0.292 e. The van der Waals surface area contributed by atoms with Crippen LogP contribution in [0.1, 0.15) is 19.8 Å². The van der Waals surface area contributed by atoms with Crippen molar-refractivity contribution in [3.8, 4) is 0 Å². The third-order valence-corrected chi connectivity index (χ3v) is 3.01. The molecule has 0 N–H and O–H groups in total. The molecule has 0 aliphatic carbocycles. The molecule has 0 spiro atoms. The Bertz CT molecular complexity index is 362. The van der Waals surface area contributed by atoms with E-state index in [-0.39, 0.29) is 24.7 Å². The molecule has 6 nitrogen and oxygen atoms in total. The van der Waals surface area contributed by atoms with Gasteiger partial charge in [0, 0.05) is 12.8 Å². The molecule has 0 aromatic heterocycles. The lowest BCUT2D eigenvalue weighted by molar-refractivity contribution is -0.501. The van der Waals surface area contributed by atoms with Crippen LogP contribution in [-0.2, 0) is 14.4 Å². The number of amides is 2. The highest BCUT2D eigenvalue weighted by atomic mass is 16.7. The second-order valence-corrected chi connectivity index (χ2v) is 4.30. The van der Waals surface area contributed by atoms with Crippen LogP contribution in [0, 0.1) is 0 Å². The monoisotopic (exact) mass is 226 g/mol. The first-order chi connectivity index (χ1) is 7.50. The lowest BCUT2D eigenvalue weighted by Crippen LogP contribution is -2.40. The molecule has 0 bridgehead atoms. The van der Waals surface area contributed by atoms with Gasteiger partial charge in [0.2, 0.25) is 0 Å². The van der Waals surface area contributed by atoms with Crippen LogP contribution in [-0.4, -0.2) is 59.1 Å². The summed E-state index contributed by atoms with van der Waals surface area (Å²) in [5.74, 6) is -0.530. The van der Waals surface area contributed by atoms with E-state index >= 15 is 0 Å². The maximum Gasteiger partial charge on any atom is 0.471 e. The molecule has 0 aromatic carbocycles. The summed E-state index contributed by atoms with van der Waals surface area (Å²) in [7, 11) is 3.76. The van der Waals surface area contributed by atoms with Gasteiger partial charge in [-0.3, -0.25) is 14.4 Å². The Balaban J connectivity index is 2.13. The number of nitrogens with zero attached hydrogens (tertiary/aromatic N) is 3. The first kappa shape index (κ1) is 10.9. The summed E-state index contributed by atoms with van der Waals surface area (Å²) in [6, 6.07) is 0.865. The first-order valence-corrected chi connectivity index (χ1v) is 5.35. The number of rotatable bonds is 1. The third kappa shape index (κ3) is 1.64. The number of imide groups is 1. The molecule has 1 fully saturated rings. The van der Waals surface area contributed by atoms with Crippen LogP contribution in [0.3, 0.4) is 0 Å². The quantitative estimate of drug-likeness (QED) is 0.442. The van der Waals surface area contributed by atoms with Crippen LogP contribution >= 0.6 is 0 Å². The molecule has 6 heteroatoms. The number of amidine groups is 1. The predicted molar refractivity (Wildman–Crippen MR) is 55.5 cm³/mol. The van der Waals surface area contributed by atoms with Gasteiger partial charge in [0.05, 0.1) is 14.1 Å². The van der Waals surface area contributed by atoms with Crippen molar-refractivity contribution in [1.29, 1.82) is 0 Å². The van der Waals surface area contributed by atoms with Crippen molar-refractivity contribution in [1.82, 2.24) is 9.96 Å². The lowest BCUT2D eigenvalue weighted by Gasteiger charge is -2.15. The van der Waals surface area contributed by atoms with Crippen molar-refractivity contribution in [2.75, 3.05) is 20.6 Å². The maximum absolute atomic E-state index is 11.4.